The Hall–Kier alpha value is -2.52. The molecule has 2 aromatic rings. The van der Waals surface area contributed by atoms with Crippen LogP contribution in [0.4, 0.5) is 5.69 Å². The van der Waals surface area contributed by atoms with Gasteiger partial charge in [0, 0.05) is 31.7 Å². The van der Waals surface area contributed by atoms with Crippen LogP contribution in [0.5, 0.6) is 11.5 Å². The molecular formula is C20H22N2O5S2. The Kier molecular flexibility index (Phi) is 6.49. The van der Waals surface area contributed by atoms with Crippen LogP contribution >= 0.6 is 11.8 Å². The molecule has 9 heteroatoms. The van der Waals surface area contributed by atoms with Crippen molar-refractivity contribution in [2.45, 2.75) is 25.1 Å². The number of carbonyl (C=O) groups is 2. The van der Waals surface area contributed by atoms with Gasteiger partial charge < -0.3 is 9.64 Å². The monoisotopic (exact) mass is 434 g/mol. The molecular weight excluding hydrogens is 412 g/mol. The lowest BCUT2D eigenvalue weighted by Gasteiger charge is -2.18. The van der Waals surface area contributed by atoms with E-state index in [4.69, 9.17) is 4.74 Å². The minimum atomic E-state index is -3.52. The topological polar surface area (TPSA) is 92.8 Å². The van der Waals surface area contributed by atoms with Crippen LogP contribution in [0.15, 0.2) is 48.5 Å². The van der Waals surface area contributed by atoms with Gasteiger partial charge in [-0.05, 0) is 29.8 Å². The minimum Gasteiger partial charge on any atom is -0.455 e. The SMILES string of the molecule is CC(=O)SC1CC(=O)N(Cc2ccc(Oc3ccccc3)c(NS(C)(=O)=O)c2)C1. The Morgan fingerprint density at radius 3 is 2.62 bits per heavy atom. The van der Waals surface area contributed by atoms with E-state index in [1.54, 1.807) is 35.2 Å². The van der Waals surface area contributed by atoms with E-state index >= 15 is 0 Å². The van der Waals surface area contributed by atoms with Gasteiger partial charge in [0.05, 0.1) is 11.9 Å². The Morgan fingerprint density at radius 2 is 1.97 bits per heavy atom. The molecule has 1 amide bonds. The van der Waals surface area contributed by atoms with Crippen LogP contribution in [-0.4, -0.2) is 42.4 Å². The van der Waals surface area contributed by atoms with Crippen molar-refractivity contribution in [3.05, 3.63) is 54.1 Å². The van der Waals surface area contributed by atoms with Crippen molar-refractivity contribution < 1.29 is 22.7 Å². The average Bonchev–Trinajstić information content (AvgIpc) is 2.95. The molecule has 0 spiro atoms. The third-order valence-corrected chi connectivity index (χ3v) is 5.77. The molecule has 29 heavy (non-hydrogen) atoms. The summed E-state index contributed by atoms with van der Waals surface area (Å²) in [6.07, 6.45) is 1.40. The number of anilines is 1. The summed E-state index contributed by atoms with van der Waals surface area (Å²) in [6, 6.07) is 14.2. The molecule has 1 aliphatic heterocycles. The zero-order valence-corrected chi connectivity index (χ0v) is 17.8. The maximum atomic E-state index is 12.3. The second-order valence-electron chi connectivity index (χ2n) is 6.83. The van der Waals surface area contributed by atoms with E-state index in [-0.39, 0.29) is 16.3 Å². The Balaban J connectivity index is 1.80. The summed E-state index contributed by atoms with van der Waals surface area (Å²) in [5, 5.41) is -0.0546. The van der Waals surface area contributed by atoms with E-state index in [9.17, 15) is 18.0 Å². The van der Waals surface area contributed by atoms with Crippen LogP contribution in [0.1, 0.15) is 18.9 Å². The highest BCUT2D eigenvalue weighted by Gasteiger charge is 2.31. The molecule has 1 fully saturated rings. The van der Waals surface area contributed by atoms with Crippen molar-refractivity contribution in [2.24, 2.45) is 0 Å². The van der Waals surface area contributed by atoms with E-state index in [1.165, 1.54) is 18.7 Å². The number of amides is 1. The number of nitrogens with zero attached hydrogens (tertiary/aromatic N) is 1. The zero-order valence-electron chi connectivity index (χ0n) is 16.1. The Bertz CT molecular complexity index is 1010. The number of benzene rings is 2. The third-order valence-electron chi connectivity index (χ3n) is 4.20. The van der Waals surface area contributed by atoms with E-state index in [0.717, 1.165) is 11.8 Å². The van der Waals surface area contributed by atoms with Gasteiger partial charge in [-0.15, -0.1) is 0 Å². The van der Waals surface area contributed by atoms with Crippen LogP contribution in [0.25, 0.3) is 0 Å². The molecule has 1 aliphatic rings. The highest BCUT2D eigenvalue weighted by molar-refractivity contribution is 8.14. The molecule has 1 atom stereocenters. The predicted molar refractivity (Wildman–Crippen MR) is 114 cm³/mol. The Morgan fingerprint density at radius 1 is 1.24 bits per heavy atom. The van der Waals surface area contributed by atoms with Gasteiger partial charge in [0.1, 0.15) is 5.75 Å². The lowest BCUT2D eigenvalue weighted by Crippen LogP contribution is -2.25. The van der Waals surface area contributed by atoms with Crippen LogP contribution < -0.4 is 9.46 Å². The minimum absolute atomic E-state index is 0.00768. The molecule has 0 radical (unpaired) electrons. The molecule has 0 aliphatic carbocycles. The van der Waals surface area contributed by atoms with Gasteiger partial charge in [-0.3, -0.25) is 14.3 Å². The zero-order chi connectivity index (χ0) is 21.0. The molecule has 3 rings (SSSR count). The molecule has 0 bridgehead atoms. The highest BCUT2D eigenvalue weighted by Crippen LogP contribution is 2.32. The molecule has 154 valence electrons. The molecule has 2 aromatic carbocycles. The maximum absolute atomic E-state index is 12.3. The number of thioether (sulfide) groups is 1. The summed E-state index contributed by atoms with van der Waals surface area (Å²) in [5.41, 5.74) is 1.06. The summed E-state index contributed by atoms with van der Waals surface area (Å²) in [5.74, 6) is 0.921. The number of nitrogens with one attached hydrogen (secondary N) is 1. The van der Waals surface area contributed by atoms with Gasteiger partial charge >= 0.3 is 0 Å². The largest absolute Gasteiger partial charge is 0.455 e. The fourth-order valence-corrected chi connectivity index (χ4v) is 4.59. The van der Waals surface area contributed by atoms with E-state index in [2.05, 4.69) is 4.72 Å². The summed E-state index contributed by atoms with van der Waals surface area (Å²) in [6.45, 7) is 2.31. The number of para-hydroxylation sites is 1. The molecule has 1 heterocycles. The summed E-state index contributed by atoms with van der Waals surface area (Å²) < 4.78 is 31.9. The molecule has 1 saturated heterocycles. The van der Waals surface area contributed by atoms with Crippen molar-refractivity contribution in [2.75, 3.05) is 17.5 Å². The average molecular weight is 435 g/mol. The van der Waals surface area contributed by atoms with Gasteiger partial charge in [-0.2, -0.15) is 0 Å². The molecule has 1 unspecified atom stereocenters. The standard InChI is InChI=1S/C20H22N2O5S2/c1-14(23)28-17-11-20(24)22(13-17)12-15-8-9-19(18(10-15)21-29(2,25)26)27-16-6-4-3-5-7-16/h3-10,17,21H,11-13H2,1-2H3. The maximum Gasteiger partial charge on any atom is 0.229 e. The first-order valence-electron chi connectivity index (χ1n) is 8.98. The fourth-order valence-electron chi connectivity index (χ4n) is 3.08. The lowest BCUT2D eigenvalue weighted by molar-refractivity contribution is -0.128. The number of hydrogen-bond donors (Lipinski definition) is 1. The van der Waals surface area contributed by atoms with Crippen molar-refractivity contribution >= 4 is 38.5 Å². The fraction of sp³-hybridized carbons (Fsp3) is 0.300. The first-order chi connectivity index (χ1) is 13.7. The number of likely N-dealkylation sites (tertiary alicyclic amines) is 1. The van der Waals surface area contributed by atoms with E-state index in [1.807, 2.05) is 18.2 Å². The van der Waals surface area contributed by atoms with Crippen molar-refractivity contribution in [1.82, 2.24) is 4.90 Å². The highest BCUT2D eigenvalue weighted by atomic mass is 32.2. The normalized spacial score (nSPS) is 16.7. The van der Waals surface area contributed by atoms with Gasteiger partial charge in [-0.1, -0.05) is 36.0 Å². The summed E-state index contributed by atoms with van der Waals surface area (Å²) in [4.78, 5) is 25.2. The first kappa shape index (κ1) is 21.2. The van der Waals surface area contributed by atoms with Gasteiger partial charge in [0.2, 0.25) is 15.9 Å². The number of carbonyl (C=O) groups excluding carboxylic acids is 2. The van der Waals surface area contributed by atoms with Crippen molar-refractivity contribution in [3.8, 4) is 11.5 Å². The molecule has 1 N–H and O–H groups in total. The Labute approximate surface area is 174 Å². The van der Waals surface area contributed by atoms with Gasteiger partial charge in [0.15, 0.2) is 10.9 Å². The quantitative estimate of drug-likeness (QED) is 0.719. The van der Waals surface area contributed by atoms with E-state index < -0.39 is 10.0 Å². The number of sulfonamides is 1. The molecule has 0 saturated carbocycles. The second-order valence-corrected chi connectivity index (χ2v) is 10.1. The number of ether oxygens (including phenoxy) is 1. The van der Waals surface area contributed by atoms with Crippen LogP contribution in [0, 0.1) is 0 Å². The lowest BCUT2D eigenvalue weighted by atomic mass is 10.1. The predicted octanol–water partition coefficient (Wildman–Crippen LogP) is 3.23. The second kappa shape index (κ2) is 8.87. The number of rotatable bonds is 7. The van der Waals surface area contributed by atoms with E-state index in [0.29, 0.717) is 36.7 Å². The van der Waals surface area contributed by atoms with Crippen molar-refractivity contribution in [3.63, 3.8) is 0 Å². The molecule has 7 nitrogen and oxygen atoms in total. The van der Waals surface area contributed by atoms with Gasteiger partial charge in [-0.25, -0.2) is 8.42 Å². The summed E-state index contributed by atoms with van der Waals surface area (Å²) in [7, 11) is -3.52. The first-order valence-corrected chi connectivity index (χ1v) is 11.8. The van der Waals surface area contributed by atoms with Crippen LogP contribution in [0.3, 0.4) is 0 Å². The van der Waals surface area contributed by atoms with Gasteiger partial charge in [0.25, 0.3) is 0 Å². The summed E-state index contributed by atoms with van der Waals surface area (Å²) >= 11 is 1.18. The molecule has 0 aromatic heterocycles. The van der Waals surface area contributed by atoms with Crippen LogP contribution in [-0.2, 0) is 26.2 Å². The third kappa shape index (κ3) is 6.23. The van der Waals surface area contributed by atoms with Crippen molar-refractivity contribution in [1.29, 1.82) is 0 Å². The smallest absolute Gasteiger partial charge is 0.229 e. The number of hydrogen-bond acceptors (Lipinski definition) is 6. The van der Waals surface area contributed by atoms with Crippen LogP contribution in [0.2, 0.25) is 0 Å².